The standard InChI is InChI=1S/C23H32BrIN2O/c1-23-9-7-18-17-8-10-25(2)11-15(17)3-4-19(18)20(23)5-6-21(23)22(28)14-27-13-16(24)12-26-27/h3,12-13,17-21H,4-11,14H2,1-2H3/t17-,18+,19?,20-,21+,23-/m0/s1. The van der Waals surface area contributed by atoms with Crippen LogP contribution in [-0.2, 0) is 11.3 Å². The van der Waals surface area contributed by atoms with Gasteiger partial charge in [0.2, 0.25) is 0 Å². The van der Waals surface area contributed by atoms with E-state index in [1.54, 1.807) is 15.3 Å². The molecule has 0 bridgehead atoms. The van der Waals surface area contributed by atoms with Crippen molar-refractivity contribution in [3.8, 4) is 0 Å². The van der Waals surface area contributed by atoms with Crippen LogP contribution in [0.2, 0.25) is 0 Å². The van der Waals surface area contributed by atoms with Gasteiger partial charge in [0.25, 0.3) is 0 Å². The molecule has 0 spiro atoms. The molecule has 1 unspecified atom stereocenters. The molecule has 6 atom stereocenters. The van der Waals surface area contributed by atoms with Crippen molar-refractivity contribution in [1.82, 2.24) is 9.78 Å². The number of Topliss-reactive ketones (excluding diaryl/α,β-unsaturated/α-hetero) is 1. The molecule has 3 fully saturated rings. The number of aromatic nitrogens is 2. The summed E-state index contributed by atoms with van der Waals surface area (Å²) >= 11 is 2.82. The van der Waals surface area contributed by atoms with Gasteiger partial charge < -0.3 is 0 Å². The number of fused-ring (bicyclic) bond motifs is 5. The molecule has 2 heterocycles. The third-order valence-corrected chi connectivity index (χ3v) is 13.6. The van der Waals surface area contributed by atoms with E-state index in [-0.39, 0.29) is 11.3 Å². The van der Waals surface area contributed by atoms with E-state index in [1.807, 2.05) is 11.8 Å². The Morgan fingerprint density at radius 1 is 1.32 bits per heavy atom. The van der Waals surface area contributed by atoms with Crippen molar-refractivity contribution in [2.45, 2.75) is 52.0 Å². The SMILES string of the molecule is CI1CC[C@H]2C(=CCC3[C@@H]2CC[C@]2(C)[C@@H](C(=O)Cn4cc(Br)cn4)CC[C@@H]32)C1. The van der Waals surface area contributed by atoms with Crippen LogP contribution in [0, 0.1) is 35.0 Å². The number of carbonyl (C=O) groups is 1. The molecule has 3 aliphatic carbocycles. The van der Waals surface area contributed by atoms with Gasteiger partial charge in [-0.25, -0.2) is 0 Å². The summed E-state index contributed by atoms with van der Waals surface area (Å²) in [4.78, 5) is 15.8. The fourth-order valence-electron chi connectivity index (χ4n) is 7.28. The topological polar surface area (TPSA) is 34.9 Å². The van der Waals surface area contributed by atoms with E-state index >= 15 is 0 Å². The molecule has 0 aromatic carbocycles. The van der Waals surface area contributed by atoms with Crippen LogP contribution in [0.4, 0.5) is 0 Å². The van der Waals surface area contributed by atoms with Gasteiger partial charge in [-0.15, -0.1) is 0 Å². The van der Waals surface area contributed by atoms with Crippen LogP contribution in [-0.4, -0.2) is 29.3 Å². The molecule has 5 heteroatoms. The van der Waals surface area contributed by atoms with Gasteiger partial charge in [-0.1, -0.05) is 0 Å². The van der Waals surface area contributed by atoms with E-state index in [0.717, 1.165) is 34.6 Å². The molecular weight excluding hydrogens is 527 g/mol. The Morgan fingerprint density at radius 2 is 2.18 bits per heavy atom. The molecule has 1 aliphatic heterocycles. The molecular formula is C23H32BrIN2O. The zero-order valence-corrected chi connectivity index (χ0v) is 20.8. The zero-order chi connectivity index (χ0) is 19.5. The summed E-state index contributed by atoms with van der Waals surface area (Å²) in [6.45, 7) is 2.89. The molecule has 3 nitrogen and oxygen atoms in total. The van der Waals surface area contributed by atoms with E-state index in [9.17, 15) is 4.79 Å². The van der Waals surface area contributed by atoms with Crippen LogP contribution in [0.15, 0.2) is 28.5 Å². The fraction of sp³-hybridized carbons (Fsp3) is 0.739. The van der Waals surface area contributed by atoms with Crippen molar-refractivity contribution in [3.05, 3.63) is 28.5 Å². The van der Waals surface area contributed by atoms with Crippen LogP contribution in [0.1, 0.15) is 45.4 Å². The van der Waals surface area contributed by atoms with Crippen molar-refractivity contribution < 1.29 is 4.79 Å². The maximum atomic E-state index is 13.2. The Labute approximate surface area is 184 Å². The van der Waals surface area contributed by atoms with Crippen molar-refractivity contribution in [3.63, 3.8) is 0 Å². The monoisotopic (exact) mass is 558 g/mol. The Balaban J connectivity index is 1.34. The summed E-state index contributed by atoms with van der Waals surface area (Å²) in [5.74, 6) is 4.03. The molecule has 5 rings (SSSR count). The Bertz CT molecular complexity index is 804. The second-order valence-electron chi connectivity index (χ2n) is 9.89. The molecule has 2 saturated carbocycles. The number of rotatable bonds is 3. The number of hydrogen-bond acceptors (Lipinski definition) is 2. The Morgan fingerprint density at radius 3 is 2.96 bits per heavy atom. The molecule has 0 amide bonds. The van der Waals surface area contributed by atoms with E-state index in [1.165, 1.54) is 36.5 Å². The van der Waals surface area contributed by atoms with Crippen molar-refractivity contribution in [2.75, 3.05) is 13.8 Å². The number of ketones is 1. The van der Waals surface area contributed by atoms with Gasteiger partial charge in [-0.2, -0.15) is 0 Å². The van der Waals surface area contributed by atoms with E-state index in [0.29, 0.717) is 12.3 Å². The normalized spacial score (nSPS) is 41.0. The minimum absolute atomic E-state index is 0.214. The number of allylic oxidation sites excluding steroid dienone is 2. The van der Waals surface area contributed by atoms with Crippen LogP contribution in [0.5, 0.6) is 0 Å². The van der Waals surface area contributed by atoms with Crippen molar-refractivity contribution in [1.29, 1.82) is 0 Å². The van der Waals surface area contributed by atoms with Gasteiger partial charge in [0.05, 0.1) is 10.7 Å². The summed E-state index contributed by atoms with van der Waals surface area (Å²) in [7, 11) is 0. The average molecular weight is 559 g/mol. The number of nitrogens with zero attached hydrogens (tertiary/aromatic N) is 2. The maximum absolute atomic E-state index is 13.2. The zero-order valence-electron chi connectivity index (χ0n) is 17.0. The van der Waals surface area contributed by atoms with Crippen LogP contribution < -0.4 is 0 Å². The first-order valence-corrected chi connectivity index (χ1v) is 16.9. The molecule has 4 aliphatic rings. The van der Waals surface area contributed by atoms with Crippen LogP contribution in [0.25, 0.3) is 0 Å². The molecule has 1 aromatic rings. The summed E-state index contributed by atoms with van der Waals surface area (Å²) in [5.41, 5.74) is 2.07. The third-order valence-electron chi connectivity index (χ3n) is 8.57. The molecule has 28 heavy (non-hydrogen) atoms. The van der Waals surface area contributed by atoms with E-state index in [4.69, 9.17) is 0 Å². The third kappa shape index (κ3) is 3.27. The number of alkyl halides is 3. The molecule has 1 aromatic heterocycles. The summed E-state index contributed by atoms with van der Waals surface area (Å²) in [5, 5.41) is 4.32. The van der Waals surface area contributed by atoms with E-state index < -0.39 is 19.8 Å². The summed E-state index contributed by atoms with van der Waals surface area (Å²) < 4.78 is 5.82. The number of halogens is 2. The first kappa shape index (κ1) is 19.8. The number of carbonyl (C=O) groups excluding carboxylic acids is 1. The average Bonchev–Trinajstić information content (AvgIpc) is 3.23. The molecule has 1 saturated heterocycles. The van der Waals surface area contributed by atoms with Gasteiger partial charge in [-0.3, -0.25) is 0 Å². The predicted molar refractivity (Wildman–Crippen MR) is 126 cm³/mol. The van der Waals surface area contributed by atoms with Crippen LogP contribution >= 0.6 is 35.7 Å². The quantitative estimate of drug-likeness (QED) is 0.268. The minimum atomic E-state index is -0.627. The van der Waals surface area contributed by atoms with Gasteiger partial charge >= 0.3 is 159 Å². The Hall–Kier alpha value is -0.170. The fourth-order valence-corrected chi connectivity index (χ4v) is 12.1. The Kier molecular flexibility index (Phi) is 5.30. The second kappa shape index (κ2) is 7.51. The second-order valence-corrected chi connectivity index (χ2v) is 16.8. The molecule has 0 N–H and O–H groups in total. The van der Waals surface area contributed by atoms with Crippen molar-refractivity contribution >= 4 is 41.5 Å². The van der Waals surface area contributed by atoms with Gasteiger partial charge in [0, 0.05) is 0 Å². The predicted octanol–water partition coefficient (Wildman–Crippen LogP) is 5.76. The van der Waals surface area contributed by atoms with Crippen LogP contribution in [0.3, 0.4) is 0 Å². The molecule has 154 valence electrons. The van der Waals surface area contributed by atoms with Gasteiger partial charge in [0.15, 0.2) is 0 Å². The summed E-state index contributed by atoms with van der Waals surface area (Å²) in [6.07, 6.45) is 14.1. The number of hydrogen-bond donors (Lipinski definition) is 0. The first-order valence-electron chi connectivity index (χ1n) is 10.9. The van der Waals surface area contributed by atoms with Crippen molar-refractivity contribution in [2.24, 2.45) is 35.0 Å². The first-order chi connectivity index (χ1) is 13.5. The van der Waals surface area contributed by atoms with Gasteiger partial charge in [0.1, 0.15) is 0 Å². The summed E-state index contributed by atoms with van der Waals surface area (Å²) in [6, 6.07) is 0. The van der Waals surface area contributed by atoms with E-state index in [2.05, 4.69) is 39.0 Å². The molecule has 0 radical (unpaired) electrons. The van der Waals surface area contributed by atoms with Gasteiger partial charge in [-0.05, 0) is 15.9 Å².